The molecule has 0 unspecified atom stereocenters. The third kappa shape index (κ3) is 7.98. The number of ether oxygens (including phenoxy) is 1. The number of carbonyl (C=O) groups is 3. The number of hydrogen-bond acceptors (Lipinski definition) is 9. The van der Waals surface area contributed by atoms with E-state index < -0.39 is 38.7 Å². The molecule has 0 aliphatic carbocycles. The molecule has 14 heteroatoms. The molecule has 1 fully saturated rings. The second-order valence-corrected chi connectivity index (χ2v) is 11.3. The van der Waals surface area contributed by atoms with Crippen LogP contribution < -0.4 is 5.32 Å². The summed E-state index contributed by atoms with van der Waals surface area (Å²) in [4.78, 5) is 48.2. The van der Waals surface area contributed by atoms with Crippen LogP contribution in [-0.2, 0) is 31.0 Å². The van der Waals surface area contributed by atoms with E-state index >= 15 is 0 Å². The van der Waals surface area contributed by atoms with Crippen LogP contribution in [0.4, 0.5) is 10.5 Å². The molecule has 0 saturated carbocycles. The van der Waals surface area contributed by atoms with Crippen LogP contribution >= 0.6 is 11.8 Å². The number of sulfonamides is 1. The first-order valence-electron chi connectivity index (χ1n) is 9.92. The minimum atomic E-state index is -3.86. The summed E-state index contributed by atoms with van der Waals surface area (Å²) in [6, 6.07) is 3.22. The molecule has 1 aliphatic rings. The molecule has 1 N–H and O–H groups in total. The summed E-state index contributed by atoms with van der Waals surface area (Å²) in [6.45, 7) is 1.84. The molecule has 1 aliphatic heterocycles. The van der Waals surface area contributed by atoms with Crippen molar-refractivity contribution in [3.63, 3.8) is 0 Å². The lowest BCUT2D eigenvalue weighted by Crippen LogP contribution is -2.52. The van der Waals surface area contributed by atoms with Gasteiger partial charge >= 0.3 is 12.0 Å². The molecule has 0 aromatic heterocycles. The zero-order valence-corrected chi connectivity index (χ0v) is 20.1. The van der Waals surface area contributed by atoms with Crippen molar-refractivity contribution < 1.29 is 32.5 Å². The number of esters is 1. The maximum atomic E-state index is 12.7. The second kappa shape index (κ2) is 11.4. The SMILES string of the molecule is CC(=O)S[C@H]1CCN(C(=O)N[C@H](CS(=O)(=O)N(C)C)C(=O)OCc2ccc([N+](=O)[O-])cc2)C1. The van der Waals surface area contributed by atoms with Crippen LogP contribution in [0, 0.1) is 10.1 Å². The van der Waals surface area contributed by atoms with E-state index in [1.54, 1.807) is 0 Å². The Kier molecular flexibility index (Phi) is 9.19. The molecular formula is C19H26N4O8S2. The smallest absolute Gasteiger partial charge is 0.330 e. The van der Waals surface area contributed by atoms with Gasteiger partial charge < -0.3 is 15.0 Å². The first-order chi connectivity index (χ1) is 15.4. The maximum Gasteiger partial charge on any atom is 0.330 e. The molecule has 2 atom stereocenters. The average Bonchev–Trinajstić information content (AvgIpc) is 3.19. The summed E-state index contributed by atoms with van der Waals surface area (Å²) in [6.07, 6.45) is 0.600. The highest BCUT2D eigenvalue weighted by molar-refractivity contribution is 8.14. The topological polar surface area (TPSA) is 156 Å². The largest absolute Gasteiger partial charge is 0.459 e. The molecule has 1 heterocycles. The predicted octanol–water partition coefficient (Wildman–Crippen LogP) is 0.962. The molecule has 0 spiro atoms. The number of non-ortho nitro benzene ring substituents is 1. The third-order valence-electron chi connectivity index (χ3n) is 4.81. The lowest BCUT2D eigenvalue weighted by molar-refractivity contribution is -0.384. The fraction of sp³-hybridized carbons (Fsp3) is 0.526. The van der Waals surface area contributed by atoms with Crippen molar-refractivity contribution in [3.8, 4) is 0 Å². The fourth-order valence-electron chi connectivity index (χ4n) is 2.98. The number of hydrogen-bond donors (Lipinski definition) is 1. The van der Waals surface area contributed by atoms with Gasteiger partial charge in [-0.2, -0.15) is 0 Å². The fourth-order valence-corrected chi connectivity index (χ4v) is 4.87. The summed E-state index contributed by atoms with van der Waals surface area (Å²) >= 11 is 1.13. The normalized spacial score (nSPS) is 17.0. The number of nitrogens with one attached hydrogen (secondary N) is 1. The number of nitrogens with zero attached hydrogens (tertiary/aromatic N) is 3. The van der Waals surface area contributed by atoms with E-state index in [4.69, 9.17) is 4.74 Å². The van der Waals surface area contributed by atoms with Gasteiger partial charge in [0.1, 0.15) is 12.6 Å². The number of nitro groups is 1. The van der Waals surface area contributed by atoms with E-state index in [1.807, 2.05) is 0 Å². The second-order valence-electron chi connectivity index (χ2n) is 7.56. The van der Waals surface area contributed by atoms with Gasteiger partial charge in [-0.1, -0.05) is 11.8 Å². The van der Waals surface area contributed by atoms with Crippen molar-refractivity contribution in [1.82, 2.24) is 14.5 Å². The van der Waals surface area contributed by atoms with Crippen LogP contribution in [-0.4, -0.2) is 83.9 Å². The molecule has 182 valence electrons. The van der Waals surface area contributed by atoms with Gasteiger partial charge in [0, 0.05) is 51.5 Å². The Labute approximate surface area is 195 Å². The minimum absolute atomic E-state index is 0.0629. The van der Waals surface area contributed by atoms with Crippen LogP contribution in [0.15, 0.2) is 24.3 Å². The lowest BCUT2D eigenvalue weighted by atomic mass is 10.2. The van der Waals surface area contributed by atoms with Crippen LogP contribution in [0.25, 0.3) is 0 Å². The van der Waals surface area contributed by atoms with Crippen LogP contribution in [0.2, 0.25) is 0 Å². The van der Waals surface area contributed by atoms with Crippen molar-refractivity contribution in [2.45, 2.75) is 31.2 Å². The van der Waals surface area contributed by atoms with Gasteiger partial charge in [0.15, 0.2) is 5.12 Å². The van der Waals surface area contributed by atoms with Crippen LogP contribution in [0.3, 0.4) is 0 Å². The Morgan fingerprint density at radius 2 is 1.94 bits per heavy atom. The van der Waals surface area contributed by atoms with Gasteiger partial charge in [0.2, 0.25) is 10.0 Å². The predicted molar refractivity (Wildman–Crippen MR) is 121 cm³/mol. The van der Waals surface area contributed by atoms with Crippen LogP contribution in [0.5, 0.6) is 0 Å². The number of nitro benzene ring substituents is 1. The van der Waals surface area contributed by atoms with Gasteiger partial charge in [-0.05, 0) is 24.1 Å². The summed E-state index contributed by atoms with van der Waals surface area (Å²) in [7, 11) is -1.25. The molecule has 1 saturated heterocycles. The summed E-state index contributed by atoms with van der Waals surface area (Å²) in [5.74, 6) is -1.66. The minimum Gasteiger partial charge on any atom is -0.459 e. The molecule has 2 amide bonds. The zero-order valence-electron chi connectivity index (χ0n) is 18.4. The van der Waals surface area contributed by atoms with Crippen molar-refractivity contribution in [2.75, 3.05) is 32.9 Å². The number of carbonyl (C=O) groups excluding carboxylic acids is 3. The Balaban J connectivity index is 2.06. The van der Waals surface area contributed by atoms with Crippen molar-refractivity contribution in [2.24, 2.45) is 0 Å². The monoisotopic (exact) mass is 502 g/mol. The van der Waals surface area contributed by atoms with E-state index in [0.717, 1.165) is 16.1 Å². The Morgan fingerprint density at radius 3 is 2.48 bits per heavy atom. The number of likely N-dealkylation sites (tertiary alicyclic amines) is 1. The van der Waals surface area contributed by atoms with Gasteiger partial charge in [0.05, 0.1) is 10.7 Å². The Hall–Kier alpha value is -2.71. The highest BCUT2D eigenvalue weighted by Gasteiger charge is 2.34. The molecular weight excluding hydrogens is 476 g/mol. The van der Waals surface area contributed by atoms with E-state index in [9.17, 15) is 32.9 Å². The molecule has 0 bridgehead atoms. The quantitative estimate of drug-likeness (QED) is 0.295. The van der Waals surface area contributed by atoms with Gasteiger partial charge in [-0.15, -0.1) is 0 Å². The van der Waals surface area contributed by atoms with E-state index in [0.29, 0.717) is 25.1 Å². The first kappa shape index (κ1) is 26.5. The highest BCUT2D eigenvalue weighted by atomic mass is 32.2. The van der Waals surface area contributed by atoms with Gasteiger partial charge in [0.25, 0.3) is 5.69 Å². The number of amides is 2. The summed E-state index contributed by atoms with van der Waals surface area (Å²) in [5.41, 5.74) is 0.331. The number of rotatable bonds is 9. The third-order valence-corrected chi connectivity index (χ3v) is 7.73. The summed E-state index contributed by atoms with van der Waals surface area (Å²) < 4.78 is 30.8. The zero-order chi connectivity index (χ0) is 24.8. The van der Waals surface area contributed by atoms with Crippen molar-refractivity contribution in [3.05, 3.63) is 39.9 Å². The highest BCUT2D eigenvalue weighted by Crippen LogP contribution is 2.23. The maximum absolute atomic E-state index is 12.7. The molecule has 12 nitrogen and oxygen atoms in total. The van der Waals surface area contributed by atoms with Crippen LogP contribution in [0.1, 0.15) is 18.9 Å². The molecule has 1 aromatic carbocycles. The van der Waals surface area contributed by atoms with E-state index in [-0.39, 0.29) is 22.7 Å². The molecule has 2 rings (SSSR count). The van der Waals surface area contributed by atoms with Gasteiger partial charge in [-0.3, -0.25) is 14.9 Å². The van der Waals surface area contributed by atoms with Crippen molar-refractivity contribution in [1.29, 1.82) is 0 Å². The molecule has 0 radical (unpaired) electrons. The number of benzene rings is 1. The Morgan fingerprint density at radius 1 is 1.30 bits per heavy atom. The number of urea groups is 1. The van der Waals surface area contributed by atoms with Gasteiger partial charge in [-0.25, -0.2) is 22.3 Å². The lowest BCUT2D eigenvalue weighted by Gasteiger charge is -2.23. The first-order valence-corrected chi connectivity index (χ1v) is 12.4. The van der Waals surface area contributed by atoms with E-state index in [1.165, 1.54) is 50.2 Å². The number of thioether (sulfide) groups is 1. The molecule has 1 aromatic rings. The average molecular weight is 503 g/mol. The van der Waals surface area contributed by atoms with Crippen molar-refractivity contribution >= 4 is 44.6 Å². The molecule has 33 heavy (non-hydrogen) atoms. The Bertz CT molecular complexity index is 998. The van der Waals surface area contributed by atoms with E-state index in [2.05, 4.69) is 5.32 Å². The summed E-state index contributed by atoms with van der Waals surface area (Å²) in [5, 5.41) is 13.0. The standard InChI is InChI=1S/C19H26N4O8S2/c1-13(24)32-16-8-9-22(10-16)19(26)20-17(12-33(29,30)21(2)3)18(25)31-11-14-4-6-15(7-5-14)23(27)28/h4-7,16-17H,8-12H2,1-3H3,(H,20,26)/t16-,17+/m0/s1.